The average molecular weight is 650 g/mol. The summed E-state index contributed by atoms with van der Waals surface area (Å²) >= 11 is 1.84. The number of ether oxygens (including phenoxy) is 2. The third kappa shape index (κ3) is 4.27. The first-order chi connectivity index (χ1) is 24.0. The van der Waals surface area contributed by atoms with Crippen LogP contribution in [0.2, 0.25) is 0 Å². The van der Waals surface area contributed by atoms with Gasteiger partial charge in [0.2, 0.25) is 0 Å². The van der Waals surface area contributed by atoms with E-state index >= 15 is 0 Å². The van der Waals surface area contributed by atoms with E-state index < -0.39 is 0 Å². The first-order valence-electron chi connectivity index (χ1n) is 16.7. The Morgan fingerprint density at radius 2 is 1.16 bits per heavy atom. The van der Waals surface area contributed by atoms with Crippen molar-refractivity contribution in [2.45, 2.75) is 19.3 Å². The molecule has 0 radical (unpaired) electrons. The molecule has 234 valence electrons. The number of benzene rings is 7. The van der Waals surface area contributed by atoms with Crippen LogP contribution in [0.1, 0.15) is 25.0 Å². The van der Waals surface area contributed by atoms with Crippen molar-refractivity contribution in [1.29, 1.82) is 0 Å². The van der Waals surface area contributed by atoms with Gasteiger partial charge in [0, 0.05) is 32.3 Å². The topological polar surface area (TPSA) is 21.7 Å². The summed E-state index contributed by atoms with van der Waals surface area (Å²) in [7, 11) is 0. The summed E-state index contributed by atoms with van der Waals surface area (Å²) in [5.41, 5.74) is 10.7. The lowest BCUT2D eigenvalue weighted by Crippen LogP contribution is -2.15. The quantitative estimate of drug-likeness (QED) is 0.189. The maximum absolute atomic E-state index is 6.66. The second-order valence-electron chi connectivity index (χ2n) is 13.3. The summed E-state index contributed by atoms with van der Waals surface area (Å²) in [4.78, 5) is 2.36. The highest BCUT2D eigenvalue weighted by Crippen LogP contribution is 2.56. The summed E-state index contributed by atoms with van der Waals surface area (Å²) in [5.74, 6) is 2.98. The molecule has 0 bridgehead atoms. The maximum atomic E-state index is 6.66. The number of hydrogen-bond donors (Lipinski definition) is 0. The molecule has 0 atom stereocenters. The van der Waals surface area contributed by atoms with E-state index in [1.807, 2.05) is 17.4 Å². The molecule has 10 rings (SSSR count). The van der Waals surface area contributed by atoms with Crippen molar-refractivity contribution < 1.29 is 9.47 Å². The zero-order valence-electron chi connectivity index (χ0n) is 27.1. The van der Waals surface area contributed by atoms with Gasteiger partial charge in [-0.3, -0.25) is 0 Å². The van der Waals surface area contributed by atoms with E-state index in [9.17, 15) is 0 Å². The van der Waals surface area contributed by atoms with Crippen molar-refractivity contribution >= 4 is 48.6 Å². The van der Waals surface area contributed by atoms with E-state index in [-0.39, 0.29) is 5.41 Å². The molecule has 0 spiro atoms. The van der Waals surface area contributed by atoms with Crippen LogP contribution in [0.5, 0.6) is 23.0 Å². The third-order valence-corrected chi connectivity index (χ3v) is 11.3. The Bertz CT molecular complexity index is 2550. The van der Waals surface area contributed by atoms with Gasteiger partial charge in [-0.25, -0.2) is 0 Å². The SMILES string of the molecule is CC1(C)c2ccccc2-c2cc3c(cc21)Oc1cc(-c2cccc4sc5c(N(c6ccccc6)c6ccccc6)cccc5c24)ccc1O3. The molecular weight excluding hydrogens is 619 g/mol. The highest BCUT2D eigenvalue weighted by molar-refractivity contribution is 7.26. The minimum Gasteiger partial charge on any atom is -0.449 e. The fourth-order valence-electron chi connectivity index (χ4n) is 7.78. The lowest BCUT2D eigenvalue weighted by atomic mass is 9.82. The lowest BCUT2D eigenvalue weighted by Gasteiger charge is -2.26. The molecule has 0 saturated carbocycles. The highest BCUT2D eigenvalue weighted by Gasteiger charge is 2.37. The Morgan fingerprint density at radius 3 is 1.96 bits per heavy atom. The predicted octanol–water partition coefficient (Wildman–Crippen LogP) is 13.4. The maximum Gasteiger partial charge on any atom is 0.170 e. The van der Waals surface area contributed by atoms with Gasteiger partial charge in [-0.15, -0.1) is 11.3 Å². The van der Waals surface area contributed by atoms with Crippen LogP contribution in [0.15, 0.2) is 152 Å². The molecule has 0 saturated heterocycles. The number of nitrogens with zero attached hydrogens (tertiary/aromatic N) is 1. The van der Waals surface area contributed by atoms with E-state index in [0.717, 1.165) is 39.9 Å². The summed E-state index contributed by atoms with van der Waals surface area (Å²) < 4.78 is 15.7. The largest absolute Gasteiger partial charge is 0.449 e. The highest BCUT2D eigenvalue weighted by atomic mass is 32.1. The van der Waals surface area contributed by atoms with E-state index in [4.69, 9.17) is 9.47 Å². The number of fused-ring (bicyclic) bond motifs is 8. The van der Waals surface area contributed by atoms with E-state index in [2.05, 4.69) is 164 Å². The zero-order chi connectivity index (χ0) is 32.7. The van der Waals surface area contributed by atoms with E-state index in [0.29, 0.717) is 0 Å². The lowest BCUT2D eigenvalue weighted by molar-refractivity contribution is 0.359. The molecule has 7 aromatic carbocycles. The first kappa shape index (κ1) is 28.2. The normalized spacial score (nSPS) is 13.6. The minimum absolute atomic E-state index is 0.114. The average Bonchev–Trinajstić information content (AvgIpc) is 3.63. The first-order valence-corrected chi connectivity index (χ1v) is 17.5. The van der Waals surface area contributed by atoms with Gasteiger partial charge in [0.1, 0.15) is 0 Å². The van der Waals surface area contributed by atoms with Crippen LogP contribution in [-0.4, -0.2) is 0 Å². The van der Waals surface area contributed by atoms with Crippen LogP contribution >= 0.6 is 11.3 Å². The van der Waals surface area contributed by atoms with Gasteiger partial charge in [0.05, 0.1) is 10.4 Å². The van der Waals surface area contributed by atoms with Crippen LogP contribution in [0.4, 0.5) is 17.1 Å². The molecule has 4 heteroatoms. The van der Waals surface area contributed by atoms with Crippen LogP contribution < -0.4 is 14.4 Å². The van der Waals surface area contributed by atoms with Crippen molar-refractivity contribution in [2.75, 3.05) is 4.90 Å². The van der Waals surface area contributed by atoms with Gasteiger partial charge >= 0.3 is 0 Å². The number of rotatable bonds is 4. The summed E-state index contributed by atoms with van der Waals surface area (Å²) in [6, 6.07) is 53.8. The van der Waals surface area contributed by atoms with Crippen LogP contribution in [-0.2, 0) is 5.41 Å². The Balaban J connectivity index is 1.08. The molecule has 0 amide bonds. The number of hydrogen-bond acceptors (Lipinski definition) is 4. The van der Waals surface area contributed by atoms with Crippen molar-refractivity contribution in [3.05, 3.63) is 163 Å². The van der Waals surface area contributed by atoms with Crippen LogP contribution in [0.25, 0.3) is 42.4 Å². The Kier molecular flexibility index (Phi) is 6.09. The smallest absolute Gasteiger partial charge is 0.170 e. The van der Waals surface area contributed by atoms with Gasteiger partial charge in [-0.1, -0.05) is 105 Å². The predicted molar refractivity (Wildman–Crippen MR) is 204 cm³/mol. The van der Waals surface area contributed by atoms with Crippen LogP contribution in [0, 0.1) is 0 Å². The van der Waals surface area contributed by atoms with E-state index in [1.54, 1.807) is 0 Å². The molecule has 8 aromatic rings. The van der Waals surface area contributed by atoms with Crippen molar-refractivity contribution in [3.63, 3.8) is 0 Å². The molecule has 1 aliphatic heterocycles. The fourth-order valence-corrected chi connectivity index (χ4v) is 9.01. The molecule has 3 nitrogen and oxygen atoms in total. The molecule has 2 aliphatic rings. The number of para-hydroxylation sites is 2. The Labute approximate surface area is 289 Å². The summed E-state index contributed by atoms with van der Waals surface area (Å²) in [5, 5.41) is 2.49. The Morgan fingerprint density at radius 1 is 0.510 bits per heavy atom. The van der Waals surface area contributed by atoms with Gasteiger partial charge in [0.25, 0.3) is 0 Å². The molecule has 2 heterocycles. The number of anilines is 3. The van der Waals surface area contributed by atoms with Gasteiger partial charge in [0.15, 0.2) is 23.0 Å². The monoisotopic (exact) mass is 649 g/mol. The van der Waals surface area contributed by atoms with E-state index in [1.165, 1.54) is 53.7 Å². The molecular formula is C45H31NO2S. The summed E-state index contributed by atoms with van der Waals surface area (Å²) in [6.45, 7) is 4.58. The fraction of sp³-hybridized carbons (Fsp3) is 0.0667. The van der Waals surface area contributed by atoms with Crippen molar-refractivity contribution in [3.8, 4) is 45.3 Å². The zero-order valence-corrected chi connectivity index (χ0v) is 27.9. The molecule has 0 N–H and O–H groups in total. The standard InChI is InChI=1S/C45H31NO2S/c1-45(2)35-20-10-9-17-32(35)34-26-40-41(27-36(34)45)48-39-25-28(23-24-38(39)47-40)31-18-12-22-42-43(31)33-19-11-21-37(44(33)49-42)46(29-13-5-3-6-14-29)30-15-7-4-8-16-30/h3-27H,1-2H3. The molecule has 0 fully saturated rings. The number of thiophene rings is 1. The molecule has 0 unspecified atom stereocenters. The van der Waals surface area contributed by atoms with Gasteiger partial charge in [-0.05, 0) is 94.0 Å². The van der Waals surface area contributed by atoms with Crippen LogP contribution in [0.3, 0.4) is 0 Å². The van der Waals surface area contributed by atoms with Crippen molar-refractivity contribution in [1.82, 2.24) is 0 Å². The molecule has 1 aliphatic carbocycles. The second-order valence-corrected chi connectivity index (χ2v) is 14.4. The third-order valence-electron chi connectivity index (χ3n) is 10.1. The van der Waals surface area contributed by atoms with Gasteiger partial charge < -0.3 is 14.4 Å². The second kappa shape index (κ2) is 10.6. The van der Waals surface area contributed by atoms with Crippen molar-refractivity contribution in [2.24, 2.45) is 0 Å². The Hall–Kier alpha value is -5.84. The summed E-state index contributed by atoms with van der Waals surface area (Å²) in [6.07, 6.45) is 0. The minimum atomic E-state index is -0.114. The van der Waals surface area contributed by atoms with Gasteiger partial charge in [-0.2, -0.15) is 0 Å². The molecule has 1 aromatic heterocycles. The molecule has 49 heavy (non-hydrogen) atoms.